The summed E-state index contributed by atoms with van der Waals surface area (Å²) in [5.74, 6) is 0.0180. The van der Waals surface area contributed by atoms with Gasteiger partial charge in [0.25, 0.3) is 0 Å². The maximum Gasteiger partial charge on any atom is 0.488 e. The molecule has 5 heteroatoms. The fourth-order valence-corrected chi connectivity index (χ4v) is 2.00. The van der Waals surface area contributed by atoms with Crippen LogP contribution in [-0.2, 0) is 6.42 Å². The van der Waals surface area contributed by atoms with Crippen molar-refractivity contribution in [3.63, 3.8) is 0 Å². The molecule has 0 spiro atoms. The first-order chi connectivity index (χ1) is 6.59. The highest BCUT2D eigenvalue weighted by atomic mass is 35.5. The van der Waals surface area contributed by atoms with E-state index in [0.717, 1.165) is 5.56 Å². The molecule has 2 N–H and O–H groups in total. The highest BCUT2D eigenvalue weighted by molar-refractivity contribution is 6.59. The van der Waals surface area contributed by atoms with Gasteiger partial charge in [0, 0.05) is 17.0 Å². The molecule has 72 valence electrons. The predicted octanol–water partition coefficient (Wildman–Crippen LogP) is 0.149. The van der Waals surface area contributed by atoms with E-state index in [9.17, 15) is 4.79 Å². The van der Waals surface area contributed by atoms with E-state index in [1.54, 1.807) is 0 Å². The van der Waals surface area contributed by atoms with E-state index in [4.69, 9.17) is 21.6 Å². The van der Waals surface area contributed by atoms with E-state index in [1.165, 1.54) is 12.1 Å². The molecule has 0 unspecified atom stereocenters. The van der Waals surface area contributed by atoms with Gasteiger partial charge in [-0.15, -0.1) is 0 Å². The number of benzene rings is 1. The minimum absolute atomic E-state index is 0.0180. The van der Waals surface area contributed by atoms with Gasteiger partial charge in [-0.25, -0.2) is 0 Å². The number of hydrogen-bond acceptors (Lipinski definition) is 3. The number of ketones is 1. The van der Waals surface area contributed by atoms with Gasteiger partial charge in [0.05, 0.1) is 0 Å². The van der Waals surface area contributed by atoms with Crippen molar-refractivity contribution in [1.82, 2.24) is 0 Å². The van der Waals surface area contributed by atoms with E-state index in [-0.39, 0.29) is 11.2 Å². The maximum atomic E-state index is 11.4. The van der Waals surface area contributed by atoms with Gasteiger partial charge in [-0.1, -0.05) is 17.7 Å². The van der Waals surface area contributed by atoms with E-state index in [2.05, 4.69) is 0 Å². The average Bonchev–Trinajstić information content (AvgIpc) is 2.48. The molecule has 0 radical (unpaired) electrons. The highest BCUT2D eigenvalue weighted by Crippen LogP contribution is 2.27. The Morgan fingerprint density at radius 1 is 1.29 bits per heavy atom. The van der Waals surface area contributed by atoms with Crippen LogP contribution in [0.25, 0.3) is 0 Å². The Balaban J connectivity index is 2.58. The second kappa shape index (κ2) is 3.39. The first kappa shape index (κ1) is 9.71. The van der Waals surface area contributed by atoms with Gasteiger partial charge in [-0.3, -0.25) is 4.79 Å². The lowest BCUT2D eigenvalue weighted by molar-refractivity contribution is 0.0994. The van der Waals surface area contributed by atoms with Crippen molar-refractivity contribution in [2.45, 2.75) is 12.8 Å². The Hall–Kier alpha value is -0.835. The summed E-state index contributed by atoms with van der Waals surface area (Å²) in [6.07, 6.45) is 1.11. The molecule has 0 amide bonds. The first-order valence-corrected chi connectivity index (χ1v) is 4.69. The number of halogens is 1. The molecular formula is C9H8BClO3. The molecule has 2 rings (SSSR count). The van der Waals surface area contributed by atoms with E-state index >= 15 is 0 Å². The fraction of sp³-hybridized carbons (Fsp3) is 0.222. The molecule has 0 bridgehead atoms. The number of Topliss-reactive ketones (excluding diaryl/α,β-unsaturated/α-hetero) is 1. The third kappa shape index (κ3) is 1.45. The molecular weight excluding hydrogens is 202 g/mol. The Kier molecular flexibility index (Phi) is 2.35. The summed E-state index contributed by atoms with van der Waals surface area (Å²) in [6.45, 7) is 0. The van der Waals surface area contributed by atoms with Crippen LogP contribution in [0.2, 0.25) is 5.02 Å². The summed E-state index contributed by atoms with van der Waals surface area (Å²) in [4.78, 5) is 11.4. The van der Waals surface area contributed by atoms with Gasteiger partial charge < -0.3 is 10.0 Å². The van der Waals surface area contributed by atoms with Crippen molar-refractivity contribution in [2.24, 2.45) is 0 Å². The maximum absolute atomic E-state index is 11.4. The standard InChI is InChI=1S/C9H8BClO3/c11-8-4-5(10(13)14)3-7-6(8)1-2-9(7)12/h3-4,13-14H,1-2H2. The molecule has 0 saturated heterocycles. The van der Waals surface area contributed by atoms with Gasteiger partial charge in [-0.2, -0.15) is 0 Å². The lowest BCUT2D eigenvalue weighted by Gasteiger charge is -2.05. The largest absolute Gasteiger partial charge is 0.488 e. The van der Waals surface area contributed by atoms with Crippen LogP contribution >= 0.6 is 11.6 Å². The van der Waals surface area contributed by atoms with E-state index in [0.29, 0.717) is 23.4 Å². The topological polar surface area (TPSA) is 57.5 Å². The van der Waals surface area contributed by atoms with Crippen molar-refractivity contribution in [3.8, 4) is 0 Å². The van der Waals surface area contributed by atoms with Crippen molar-refractivity contribution in [1.29, 1.82) is 0 Å². The predicted molar refractivity (Wildman–Crippen MR) is 53.9 cm³/mol. The van der Waals surface area contributed by atoms with Gasteiger partial charge >= 0.3 is 7.12 Å². The van der Waals surface area contributed by atoms with E-state index < -0.39 is 7.12 Å². The van der Waals surface area contributed by atoms with Crippen molar-refractivity contribution >= 4 is 30.0 Å². The van der Waals surface area contributed by atoms with Crippen LogP contribution < -0.4 is 5.46 Å². The molecule has 14 heavy (non-hydrogen) atoms. The van der Waals surface area contributed by atoms with Crippen molar-refractivity contribution in [2.75, 3.05) is 0 Å². The van der Waals surface area contributed by atoms with Gasteiger partial charge in [0.15, 0.2) is 5.78 Å². The molecule has 1 aliphatic carbocycles. The minimum Gasteiger partial charge on any atom is -0.423 e. The summed E-state index contributed by atoms with van der Waals surface area (Å²) in [6, 6.07) is 2.99. The summed E-state index contributed by atoms with van der Waals surface area (Å²) in [5.41, 5.74) is 1.62. The number of rotatable bonds is 1. The zero-order chi connectivity index (χ0) is 10.3. The lowest BCUT2D eigenvalue weighted by Crippen LogP contribution is -2.30. The normalized spacial score (nSPS) is 14.4. The Bertz CT molecular complexity index is 403. The van der Waals surface area contributed by atoms with Crippen molar-refractivity contribution in [3.05, 3.63) is 28.3 Å². The van der Waals surface area contributed by atoms with Gasteiger partial charge in [0.1, 0.15) is 0 Å². The Morgan fingerprint density at radius 3 is 2.64 bits per heavy atom. The molecule has 0 aromatic heterocycles. The van der Waals surface area contributed by atoms with Crippen LogP contribution in [-0.4, -0.2) is 22.9 Å². The van der Waals surface area contributed by atoms with Gasteiger partial charge in [0.2, 0.25) is 0 Å². The minimum atomic E-state index is -1.58. The third-order valence-electron chi connectivity index (χ3n) is 2.42. The van der Waals surface area contributed by atoms with E-state index in [1.807, 2.05) is 0 Å². The first-order valence-electron chi connectivity index (χ1n) is 4.31. The molecule has 1 aliphatic rings. The van der Waals surface area contributed by atoms with Crippen LogP contribution in [0.15, 0.2) is 12.1 Å². The highest BCUT2D eigenvalue weighted by Gasteiger charge is 2.24. The molecule has 3 nitrogen and oxygen atoms in total. The zero-order valence-corrected chi connectivity index (χ0v) is 8.08. The summed E-state index contributed by atoms with van der Waals surface area (Å²) >= 11 is 5.91. The summed E-state index contributed by atoms with van der Waals surface area (Å²) in [7, 11) is -1.58. The van der Waals surface area contributed by atoms with Gasteiger partial charge in [-0.05, 0) is 23.5 Å². The van der Waals surface area contributed by atoms with Crippen LogP contribution in [0.5, 0.6) is 0 Å². The fourth-order valence-electron chi connectivity index (χ4n) is 1.68. The summed E-state index contributed by atoms with van der Waals surface area (Å²) in [5, 5.41) is 18.3. The molecule has 0 fully saturated rings. The summed E-state index contributed by atoms with van der Waals surface area (Å²) < 4.78 is 0. The second-order valence-electron chi connectivity index (χ2n) is 3.33. The third-order valence-corrected chi connectivity index (χ3v) is 2.76. The molecule has 1 aromatic carbocycles. The molecule has 0 aliphatic heterocycles. The molecule has 0 atom stereocenters. The lowest BCUT2D eigenvalue weighted by atomic mass is 9.79. The number of hydrogen-bond donors (Lipinski definition) is 2. The number of carbonyl (C=O) groups excluding carboxylic acids is 1. The molecule has 0 heterocycles. The quantitative estimate of drug-likeness (QED) is 0.649. The molecule has 1 aromatic rings. The van der Waals surface area contributed by atoms with Crippen LogP contribution in [0, 0.1) is 0 Å². The second-order valence-corrected chi connectivity index (χ2v) is 3.73. The molecule has 0 saturated carbocycles. The zero-order valence-electron chi connectivity index (χ0n) is 7.33. The van der Waals surface area contributed by atoms with Crippen LogP contribution in [0.1, 0.15) is 22.3 Å². The van der Waals surface area contributed by atoms with Crippen molar-refractivity contribution < 1.29 is 14.8 Å². The number of carbonyl (C=O) groups is 1. The Morgan fingerprint density at radius 2 is 2.00 bits per heavy atom. The number of fused-ring (bicyclic) bond motifs is 1. The monoisotopic (exact) mass is 210 g/mol. The van der Waals surface area contributed by atoms with Crippen LogP contribution in [0.4, 0.5) is 0 Å². The SMILES string of the molecule is O=C1CCc2c(Cl)cc(B(O)O)cc21. The Labute approximate surface area is 86.5 Å². The smallest absolute Gasteiger partial charge is 0.423 e. The average molecular weight is 210 g/mol. The van der Waals surface area contributed by atoms with Crippen LogP contribution in [0.3, 0.4) is 0 Å².